The van der Waals surface area contributed by atoms with Gasteiger partial charge in [0.25, 0.3) is 5.91 Å². The fraction of sp³-hybridized carbons (Fsp3) is 0.500. The van der Waals surface area contributed by atoms with Gasteiger partial charge in [-0.25, -0.2) is 0 Å². The summed E-state index contributed by atoms with van der Waals surface area (Å²) in [6, 6.07) is 14.7. The lowest BCUT2D eigenvalue weighted by Gasteiger charge is -2.61. The predicted octanol–water partition coefficient (Wildman–Crippen LogP) is 4.53. The van der Waals surface area contributed by atoms with Crippen molar-refractivity contribution in [3.63, 3.8) is 0 Å². The monoisotopic (exact) mass is 417 g/mol. The highest BCUT2D eigenvalue weighted by Crippen LogP contribution is 2.59. The first-order valence-electron chi connectivity index (χ1n) is 11.7. The van der Waals surface area contributed by atoms with Crippen LogP contribution in [-0.2, 0) is 4.79 Å². The largest absolute Gasteiger partial charge is 0.338 e. The lowest BCUT2D eigenvalue weighted by molar-refractivity contribution is -0.186. The molecule has 1 aromatic heterocycles. The Hall–Kier alpha value is -2.69. The van der Waals surface area contributed by atoms with Crippen molar-refractivity contribution >= 4 is 11.8 Å². The molecule has 1 aliphatic carbocycles. The van der Waals surface area contributed by atoms with Crippen LogP contribution in [0.4, 0.5) is 0 Å². The molecule has 5 heteroatoms. The Labute approximate surface area is 184 Å². The van der Waals surface area contributed by atoms with Crippen molar-refractivity contribution in [1.29, 1.82) is 0 Å². The molecular formula is C26H31N3O2. The standard InChI is InChI=1S/C26H31N3O2/c1-19-10-11-21(18-27-19)24(30)28-16-12-22(13-17-28)29-23(20-8-4-2-5-9-20)26(25(29)31)14-6-3-7-15-26/h2,4-5,8-11,18,22-23H,3,6-7,12-17H2,1H3. The summed E-state index contributed by atoms with van der Waals surface area (Å²) in [5, 5.41) is 0. The Morgan fingerprint density at radius 1 is 1.00 bits per heavy atom. The van der Waals surface area contributed by atoms with Crippen LogP contribution >= 0.6 is 0 Å². The average molecular weight is 418 g/mol. The molecule has 31 heavy (non-hydrogen) atoms. The highest BCUT2D eigenvalue weighted by Gasteiger charge is 2.62. The van der Waals surface area contributed by atoms with Crippen LogP contribution in [0.1, 0.15) is 72.6 Å². The van der Waals surface area contributed by atoms with Gasteiger partial charge in [-0.2, -0.15) is 0 Å². The zero-order chi connectivity index (χ0) is 21.4. The summed E-state index contributed by atoms with van der Waals surface area (Å²) >= 11 is 0. The number of hydrogen-bond donors (Lipinski definition) is 0. The summed E-state index contributed by atoms with van der Waals surface area (Å²) in [5.74, 6) is 0.401. The van der Waals surface area contributed by atoms with E-state index in [1.54, 1.807) is 6.20 Å². The van der Waals surface area contributed by atoms with Crippen LogP contribution in [0.2, 0.25) is 0 Å². The maximum absolute atomic E-state index is 13.5. The van der Waals surface area contributed by atoms with Gasteiger partial charge in [0.1, 0.15) is 0 Å². The topological polar surface area (TPSA) is 53.5 Å². The summed E-state index contributed by atoms with van der Waals surface area (Å²) in [7, 11) is 0. The number of aromatic nitrogens is 1. The second-order valence-electron chi connectivity index (χ2n) is 9.45. The minimum Gasteiger partial charge on any atom is -0.338 e. The van der Waals surface area contributed by atoms with Crippen molar-refractivity contribution in [2.24, 2.45) is 5.41 Å². The number of hydrogen-bond acceptors (Lipinski definition) is 3. The number of β-lactam (4-membered cyclic amide) rings is 1. The number of benzene rings is 1. The lowest BCUT2D eigenvalue weighted by Crippen LogP contribution is -2.67. The molecule has 5 nitrogen and oxygen atoms in total. The van der Waals surface area contributed by atoms with E-state index in [0.717, 1.165) is 44.2 Å². The van der Waals surface area contributed by atoms with Gasteiger partial charge in [0.2, 0.25) is 5.91 Å². The minimum absolute atomic E-state index is 0.0456. The van der Waals surface area contributed by atoms with Gasteiger partial charge in [-0.3, -0.25) is 14.6 Å². The van der Waals surface area contributed by atoms with E-state index in [-0.39, 0.29) is 23.4 Å². The highest BCUT2D eigenvalue weighted by atomic mass is 16.2. The molecule has 1 unspecified atom stereocenters. The molecule has 2 saturated heterocycles. The smallest absolute Gasteiger partial charge is 0.255 e. The Bertz CT molecular complexity index is 942. The molecule has 2 aromatic rings. The Balaban J connectivity index is 1.31. The molecule has 1 atom stereocenters. The van der Waals surface area contributed by atoms with Gasteiger partial charge in [-0.05, 0) is 50.3 Å². The van der Waals surface area contributed by atoms with Crippen molar-refractivity contribution < 1.29 is 9.59 Å². The second-order valence-corrected chi connectivity index (χ2v) is 9.45. The van der Waals surface area contributed by atoms with Crippen LogP contribution in [0.5, 0.6) is 0 Å². The first-order valence-corrected chi connectivity index (χ1v) is 11.7. The molecule has 3 aliphatic rings. The molecule has 3 fully saturated rings. The number of rotatable bonds is 3. The fourth-order valence-electron chi connectivity index (χ4n) is 5.98. The second kappa shape index (κ2) is 8.10. The molecule has 1 saturated carbocycles. The molecule has 1 aromatic carbocycles. The normalized spacial score (nSPS) is 23.6. The summed E-state index contributed by atoms with van der Waals surface area (Å²) in [6.45, 7) is 3.30. The first kappa shape index (κ1) is 20.2. The van der Waals surface area contributed by atoms with Crippen LogP contribution in [0.15, 0.2) is 48.7 Å². The molecule has 5 rings (SSSR count). The van der Waals surface area contributed by atoms with Crippen molar-refractivity contribution in [2.75, 3.05) is 13.1 Å². The lowest BCUT2D eigenvalue weighted by atomic mass is 9.59. The van der Waals surface area contributed by atoms with Crippen LogP contribution in [-0.4, -0.2) is 45.7 Å². The number of piperidine rings is 1. The third-order valence-corrected chi connectivity index (χ3v) is 7.63. The molecule has 0 N–H and O–H groups in total. The number of likely N-dealkylation sites (tertiary alicyclic amines) is 2. The highest BCUT2D eigenvalue weighted by molar-refractivity contribution is 5.94. The first-order chi connectivity index (χ1) is 15.1. The van der Waals surface area contributed by atoms with Gasteiger partial charge in [-0.1, -0.05) is 49.6 Å². The summed E-state index contributed by atoms with van der Waals surface area (Å²) < 4.78 is 0. The Morgan fingerprint density at radius 2 is 1.71 bits per heavy atom. The molecule has 0 bridgehead atoms. The molecule has 3 heterocycles. The fourth-order valence-corrected chi connectivity index (χ4v) is 5.98. The van der Waals surface area contributed by atoms with E-state index in [1.807, 2.05) is 30.0 Å². The van der Waals surface area contributed by atoms with Crippen LogP contribution < -0.4 is 0 Å². The number of carbonyl (C=O) groups is 2. The SMILES string of the molecule is Cc1ccc(C(=O)N2CCC(N3C(=O)C4(CCCCC4)C3c3ccccc3)CC2)cn1. The third kappa shape index (κ3) is 3.44. The zero-order valence-electron chi connectivity index (χ0n) is 18.3. The number of carbonyl (C=O) groups excluding carboxylic acids is 2. The maximum Gasteiger partial charge on any atom is 0.255 e. The average Bonchev–Trinajstić information content (AvgIpc) is 2.83. The van der Waals surface area contributed by atoms with Crippen LogP contribution in [0.3, 0.4) is 0 Å². The van der Waals surface area contributed by atoms with E-state index >= 15 is 0 Å². The van der Waals surface area contributed by atoms with Gasteiger partial charge < -0.3 is 9.80 Å². The van der Waals surface area contributed by atoms with E-state index in [4.69, 9.17) is 0 Å². The molecule has 2 amide bonds. The number of nitrogens with zero attached hydrogens (tertiary/aromatic N) is 3. The van der Waals surface area contributed by atoms with E-state index in [0.29, 0.717) is 24.6 Å². The zero-order valence-corrected chi connectivity index (χ0v) is 18.3. The predicted molar refractivity (Wildman–Crippen MR) is 119 cm³/mol. The van der Waals surface area contributed by atoms with Crippen molar-refractivity contribution in [1.82, 2.24) is 14.8 Å². The summed E-state index contributed by atoms with van der Waals surface area (Å²) in [4.78, 5) is 34.8. The number of pyridine rings is 1. The Kier molecular flexibility index (Phi) is 5.28. The molecule has 162 valence electrons. The summed E-state index contributed by atoms with van der Waals surface area (Å²) in [5.41, 5.74) is 2.64. The minimum atomic E-state index is -0.194. The molecule has 0 radical (unpaired) electrons. The number of aryl methyl sites for hydroxylation is 1. The third-order valence-electron chi connectivity index (χ3n) is 7.63. The van der Waals surface area contributed by atoms with Gasteiger partial charge in [0, 0.05) is 31.0 Å². The van der Waals surface area contributed by atoms with Gasteiger partial charge in [0.05, 0.1) is 17.0 Å². The van der Waals surface area contributed by atoms with Crippen molar-refractivity contribution in [2.45, 2.75) is 64.0 Å². The van der Waals surface area contributed by atoms with E-state index in [1.165, 1.54) is 12.0 Å². The van der Waals surface area contributed by atoms with Crippen molar-refractivity contribution in [3.05, 3.63) is 65.5 Å². The van der Waals surface area contributed by atoms with Crippen molar-refractivity contribution in [3.8, 4) is 0 Å². The Morgan fingerprint density at radius 3 is 2.35 bits per heavy atom. The quantitative estimate of drug-likeness (QED) is 0.690. The molecule has 2 aliphatic heterocycles. The summed E-state index contributed by atoms with van der Waals surface area (Å²) in [6.07, 6.45) is 8.93. The molecule has 1 spiro atoms. The van der Waals surface area contributed by atoms with Gasteiger partial charge in [-0.15, -0.1) is 0 Å². The van der Waals surface area contributed by atoms with Gasteiger partial charge >= 0.3 is 0 Å². The molecular weight excluding hydrogens is 386 g/mol. The van der Waals surface area contributed by atoms with Crippen LogP contribution in [0, 0.1) is 12.3 Å². The maximum atomic E-state index is 13.5. The van der Waals surface area contributed by atoms with E-state index in [9.17, 15) is 9.59 Å². The number of amides is 2. The van der Waals surface area contributed by atoms with Gasteiger partial charge in [0.15, 0.2) is 0 Å². The van der Waals surface area contributed by atoms with E-state index in [2.05, 4.69) is 34.1 Å². The van der Waals surface area contributed by atoms with E-state index < -0.39 is 0 Å². The van der Waals surface area contributed by atoms with Crippen LogP contribution in [0.25, 0.3) is 0 Å².